The van der Waals surface area contributed by atoms with E-state index in [1.807, 2.05) is 0 Å². The average Bonchev–Trinajstić information content (AvgIpc) is 2.11. The first kappa shape index (κ1) is 12.6. The Labute approximate surface area is 82.1 Å². The molecule has 0 aromatic carbocycles. The van der Waals surface area contributed by atoms with Crippen molar-refractivity contribution < 1.29 is 4.79 Å². The van der Waals surface area contributed by atoms with Gasteiger partial charge in [0.15, 0.2) is 0 Å². The number of carbonyl (C=O) groups excluding carboxylic acids is 1. The second kappa shape index (κ2) is 8.24. The lowest BCUT2D eigenvalue weighted by molar-refractivity contribution is -0.117. The highest BCUT2D eigenvalue weighted by atomic mass is 16.1. The quantitative estimate of drug-likeness (QED) is 0.588. The summed E-state index contributed by atoms with van der Waals surface area (Å²) in [6.07, 6.45) is 4.19. The number of hydrogen-bond acceptors (Lipinski definition) is 2. The minimum atomic E-state index is 0.296. The molecule has 0 aliphatic heterocycles. The monoisotopic (exact) mass is 185 g/mol. The SMILES string of the molecule is CCC(CC)CNCCCC(C)=O. The fourth-order valence-electron chi connectivity index (χ4n) is 1.35. The van der Waals surface area contributed by atoms with Crippen LogP contribution in [0.4, 0.5) is 0 Å². The van der Waals surface area contributed by atoms with Crippen molar-refractivity contribution in [3.05, 3.63) is 0 Å². The molecule has 0 atom stereocenters. The van der Waals surface area contributed by atoms with E-state index in [1.54, 1.807) is 6.92 Å². The third kappa shape index (κ3) is 7.97. The van der Waals surface area contributed by atoms with Crippen LogP contribution >= 0.6 is 0 Å². The Kier molecular flexibility index (Phi) is 8.00. The van der Waals surface area contributed by atoms with Crippen LogP contribution in [0.2, 0.25) is 0 Å². The minimum Gasteiger partial charge on any atom is -0.316 e. The maximum Gasteiger partial charge on any atom is 0.129 e. The van der Waals surface area contributed by atoms with Gasteiger partial charge in [-0.25, -0.2) is 0 Å². The Balaban J connectivity index is 3.19. The van der Waals surface area contributed by atoms with Crippen molar-refractivity contribution in [1.82, 2.24) is 5.32 Å². The fraction of sp³-hybridized carbons (Fsp3) is 0.909. The third-order valence-electron chi connectivity index (χ3n) is 2.47. The Morgan fingerprint density at radius 2 is 1.92 bits per heavy atom. The summed E-state index contributed by atoms with van der Waals surface area (Å²) in [6.45, 7) is 8.19. The summed E-state index contributed by atoms with van der Waals surface area (Å²) in [7, 11) is 0. The number of nitrogens with one attached hydrogen (secondary N) is 1. The van der Waals surface area contributed by atoms with Gasteiger partial charge in [-0.3, -0.25) is 0 Å². The van der Waals surface area contributed by atoms with Crippen molar-refractivity contribution in [1.29, 1.82) is 0 Å². The summed E-state index contributed by atoms with van der Waals surface area (Å²) in [5.74, 6) is 1.10. The molecule has 0 aromatic heterocycles. The van der Waals surface area contributed by atoms with Crippen LogP contribution in [0.3, 0.4) is 0 Å². The van der Waals surface area contributed by atoms with Gasteiger partial charge in [-0.15, -0.1) is 0 Å². The summed E-state index contributed by atoms with van der Waals surface area (Å²) in [5.41, 5.74) is 0. The van der Waals surface area contributed by atoms with Crippen molar-refractivity contribution >= 4 is 5.78 Å². The van der Waals surface area contributed by atoms with E-state index in [9.17, 15) is 4.79 Å². The Morgan fingerprint density at radius 3 is 2.38 bits per heavy atom. The fourth-order valence-corrected chi connectivity index (χ4v) is 1.35. The Morgan fingerprint density at radius 1 is 1.31 bits per heavy atom. The lowest BCUT2D eigenvalue weighted by Crippen LogP contribution is -2.23. The smallest absolute Gasteiger partial charge is 0.129 e. The van der Waals surface area contributed by atoms with Gasteiger partial charge in [0.2, 0.25) is 0 Å². The molecule has 1 N–H and O–H groups in total. The van der Waals surface area contributed by atoms with E-state index in [4.69, 9.17) is 0 Å². The first-order valence-electron chi connectivity index (χ1n) is 5.40. The lowest BCUT2D eigenvalue weighted by Gasteiger charge is -2.12. The van der Waals surface area contributed by atoms with E-state index in [2.05, 4.69) is 19.2 Å². The molecule has 0 amide bonds. The highest BCUT2D eigenvalue weighted by Crippen LogP contribution is 2.04. The van der Waals surface area contributed by atoms with Crippen molar-refractivity contribution in [2.75, 3.05) is 13.1 Å². The van der Waals surface area contributed by atoms with Crippen molar-refractivity contribution in [2.45, 2.75) is 46.5 Å². The van der Waals surface area contributed by atoms with Gasteiger partial charge in [0.05, 0.1) is 0 Å². The van der Waals surface area contributed by atoms with Gasteiger partial charge in [-0.2, -0.15) is 0 Å². The maximum atomic E-state index is 10.6. The predicted octanol–water partition coefficient (Wildman–Crippen LogP) is 2.38. The second-order valence-corrected chi connectivity index (χ2v) is 3.69. The van der Waals surface area contributed by atoms with Gasteiger partial charge >= 0.3 is 0 Å². The summed E-state index contributed by atoms with van der Waals surface area (Å²) < 4.78 is 0. The van der Waals surface area contributed by atoms with E-state index in [-0.39, 0.29) is 0 Å². The molecule has 13 heavy (non-hydrogen) atoms. The summed E-state index contributed by atoms with van der Waals surface area (Å²) in [6, 6.07) is 0. The van der Waals surface area contributed by atoms with Gasteiger partial charge in [0, 0.05) is 6.42 Å². The van der Waals surface area contributed by atoms with E-state index < -0.39 is 0 Å². The second-order valence-electron chi connectivity index (χ2n) is 3.69. The molecular weight excluding hydrogens is 162 g/mol. The molecule has 0 radical (unpaired) electrons. The van der Waals surface area contributed by atoms with E-state index in [0.717, 1.165) is 31.8 Å². The molecule has 0 spiro atoms. The van der Waals surface area contributed by atoms with Gasteiger partial charge < -0.3 is 10.1 Å². The maximum absolute atomic E-state index is 10.6. The minimum absolute atomic E-state index is 0.296. The zero-order chi connectivity index (χ0) is 10.1. The standard InChI is InChI=1S/C11H23NO/c1-4-11(5-2)9-12-8-6-7-10(3)13/h11-12H,4-9H2,1-3H3. The summed E-state index contributed by atoms with van der Waals surface area (Å²) in [5, 5.41) is 3.39. The third-order valence-corrected chi connectivity index (χ3v) is 2.47. The molecule has 2 nitrogen and oxygen atoms in total. The molecule has 0 saturated heterocycles. The molecule has 0 heterocycles. The largest absolute Gasteiger partial charge is 0.316 e. The van der Waals surface area contributed by atoms with Crippen molar-refractivity contribution in [3.8, 4) is 0 Å². The molecule has 0 aliphatic rings. The summed E-state index contributed by atoms with van der Waals surface area (Å²) >= 11 is 0. The molecular formula is C11H23NO. The molecule has 0 saturated carbocycles. The molecule has 0 aromatic rings. The van der Waals surface area contributed by atoms with Crippen LogP contribution < -0.4 is 5.32 Å². The number of carbonyl (C=O) groups is 1. The van der Waals surface area contributed by atoms with E-state index in [1.165, 1.54) is 12.8 Å². The predicted molar refractivity (Wildman–Crippen MR) is 56.9 cm³/mol. The van der Waals surface area contributed by atoms with Gasteiger partial charge in [-0.1, -0.05) is 26.7 Å². The van der Waals surface area contributed by atoms with Crippen LogP contribution in [0.5, 0.6) is 0 Å². The van der Waals surface area contributed by atoms with E-state index in [0.29, 0.717) is 5.78 Å². The molecule has 0 bridgehead atoms. The van der Waals surface area contributed by atoms with Crippen LogP contribution in [0.1, 0.15) is 46.5 Å². The molecule has 78 valence electrons. The van der Waals surface area contributed by atoms with Crippen LogP contribution in [-0.4, -0.2) is 18.9 Å². The molecule has 0 fully saturated rings. The highest BCUT2D eigenvalue weighted by Gasteiger charge is 2.01. The molecule has 0 unspecified atom stereocenters. The number of hydrogen-bond donors (Lipinski definition) is 1. The first-order valence-corrected chi connectivity index (χ1v) is 5.40. The van der Waals surface area contributed by atoms with Crippen LogP contribution in [0.15, 0.2) is 0 Å². The Bertz CT molecular complexity index is 130. The average molecular weight is 185 g/mol. The zero-order valence-corrected chi connectivity index (χ0v) is 9.23. The molecule has 0 aliphatic carbocycles. The van der Waals surface area contributed by atoms with Crippen LogP contribution in [0, 0.1) is 5.92 Å². The van der Waals surface area contributed by atoms with Crippen molar-refractivity contribution in [3.63, 3.8) is 0 Å². The van der Waals surface area contributed by atoms with E-state index >= 15 is 0 Å². The highest BCUT2D eigenvalue weighted by molar-refractivity contribution is 5.75. The first-order chi connectivity index (χ1) is 6.20. The van der Waals surface area contributed by atoms with Gasteiger partial charge in [0.1, 0.15) is 5.78 Å². The molecule has 2 heteroatoms. The zero-order valence-electron chi connectivity index (χ0n) is 9.23. The number of Topliss-reactive ketones (excluding diaryl/α,β-unsaturated/α-hetero) is 1. The lowest BCUT2D eigenvalue weighted by atomic mass is 10.0. The van der Waals surface area contributed by atoms with Crippen LogP contribution in [0.25, 0.3) is 0 Å². The summed E-state index contributed by atoms with van der Waals surface area (Å²) in [4.78, 5) is 10.6. The van der Waals surface area contributed by atoms with Gasteiger partial charge in [-0.05, 0) is 32.4 Å². The number of ketones is 1. The van der Waals surface area contributed by atoms with Crippen molar-refractivity contribution in [2.24, 2.45) is 5.92 Å². The van der Waals surface area contributed by atoms with Crippen LogP contribution in [-0.2, 0) is 4.79 Å². The topological polar surface area (TPSA) is 29.1 Å². The van der Waals surface area contributed by atoms with Gasteiger partial charge in [0.25, 0.3) is 0 Å². The number of rotatable bonds is 8. The normalized spacial score (nSPS) is 10.8. The Hall–Kier alpha value is -0.370. The molecule has 0 rings (SSSR count).